The average Bonchev–Trinajstić information content (AvgIpc) is 3.60. The molecule has 0 bridgehead atoms. The SMILES string of the molecule is CCCCCCC/C=C\CCCCCCCC(=O)OCCCCCCCCCCCCCCCCCCCC/C=C\CCCCCCCCCCCCCCCCCCCC(=O)NC(CO)C(O)CCCCCCCCCCCCCCCCCC. The number of amides is 1. The van der Waals surface area contributed by atoms with Gasteiger partial charge in [-0.15, -0.1) is 0 Å². The van der Waals surface area contributed by atoms with Crippen molar-refractivity contribution in [3.8, 4) is 0 Å². The molecule has 0 rings (SSSR count). The number of nitrogens with one attached hydrogen (secondary N) is 1. The lowest BCUT2D eigenvalue weighted by Gasteiger charge is -2.22. The summed E-state index contributed by atoms with van der Waals surface area (Å²) in [5.41, 5.74) is 0. The van der Waals surface area contributed by atoms with Gasteiger partial charge in [-0.2, -0.15) is 0 Å². The van der Waals surface area contributed by atoms with Crippen LogP contribution in [0, 0.1) is 0 Å². The van der Waals surface area contributed by atoms with Crippen LogP contribution < -0.4 is 5.32 Å². The Balaban J connectivity index is 3.31. The van der Waals surface area contributed by atoms with Gasteiger partial charge >= 0.3 is 5.97 Å². The van der Waals surface area contributed by atoms with Gasteiger partial charge in [-0.05, 0) is 77.0 Å². The van der Waals surface area contributed by atoms with Gasteiger partial charge in [0.15, 0.2) is 0 Å². The number of aliphatic hydroxyl groups excluding tert-OH is 2. The number of esters is 1. The molecule has 0 saturated heterocycles. The van der Waals surface area contributed by atoms with Gasteiger partial charge in [0.05, 0.1) is 25.4 Å². The zero-order valence-corrected chi connectivity index (χ0v) is 58.6. The van der Waals surface area contributed by atoms with E-state index in [-0.39, 0.29) is 18.5 Å². The predicted molar refractivity (Wildman–Crippen MR) is 380 cm³/mol. The molecule has 6 nitrogen and oxygen atoms in total. The van der Waals surface area contributed by atoms with Crippen LogP contribution in [0.5, 0.6) is 0 Å². The largest absolute Gasteiger partial charge is 0.466 e. The van der Waals surface area contributed by atoms with Crippen molar-refractivity contribution in [2.45, 2.75) is 463 Å². The monoisotopic (exact) mass is 1210 g/mol. The van der Waals surface area contributed by atoms with Gasteiger partial charge in [0.1, 0.15) is 0 Å². The fourth-order valence-electron chi connectivity index (χ4n) is 12.7. The first kappa shape index (κ1) is 84.3. The van der Waals surface area contributed by atoms with Crippen molar-refractivity contribution in [2.24, 2.45) is 0 Å². The fourth-order valence-corrected chi connectivity index (χ4v) is 12.7. The number of hydrogen-bond donors (Lipinski definition) is 3. The number of carbonyl (C=O) groups is 2. The first-order valence-corrected chi connectivity index (χ1v) is 39.6. The summed E-state index contributed by atoms with van der Waals surface area (Å²) >= 11 is 0. The molecule has 0 spiro atoms. The van der Waals surface area contributed by atoms with Crippen LogP contribution >= 0.6 is 0 Å². The second-order valence-corrected chi connectivity index (χ2v) is 27.4. The third-order valence-corrected chi connectivity index (χ3v) is 18.7. The van der Waals surface area contributed by atoms with Crippen LogP contribution in [-0.4, -0.2) is 47.4 Å². The number of hydrogen-bond acceptors (Lipinski definition) is 5. The Labute approximate surface area is 539 Å². The Kier molecular flexibility index (Phi) is 74.3. The fraction of sp³-hybridized carbons (Fsp3) is 0.925. The molecule has 0 aromatic rings. The van der Waals surface area contributed by atoms with Crippen molar-refractivity contribution in [1.82, 2.24) is 5.32 Å². The van der Waals surface area contributed by atoms with E-state index in [1.165, 1.54) is 372 Å². The highest BCUT2D eigenvalue weighted by atomic mass is 16.5. The zero-order chi connectivity index (χ0) is 62.0. The van der Waals surface area contributed by atoms with E-state index >= 15 is 0 Å². The van der Waals surface area contributed by atoms with Crippen LogP contribution in [0.2, 0.25) is 0 Å². The summed E-state index contributed by atoms with van der Waals surface area (Å²) in [5.74, 6) is -0.0120. The second-order valence-electron chi connectivity index (χ2n) is 27.4. The molecule has 0 fully saturated rings. The number of ether oxygens (including phenoxy) is 1. The Morgan fingerprint density at radius 3 is 0.826 bits per heavy atom. The molecular formula is C80H155NO5. The first-order valence-electron chi connectivity index (χ1n) is 39.6. The summed E-state index contributed by atoms with van der Waals surface area (Å²) in [6.07, 6.45) is 97.1. The maximum atomic E-state index is 12.5. The Morgan fingerprint density at radius 2 is 0.547 bits per heavy atom. The van der Waals surface area contributed by atoms with Gasteiger partial charge in [-0.25, -0.2) is 0 Å². The van der Waals surface area contributed by atoms with Gasteiger partial charge < -0.3 is 20.3 Å². The van der Waals surface area contributed by atoms with Crippen molar-refractivity contribution in [1.29, 1.82) is 0 Å². The minimum Gasteiger partial charge on any atom is -0.466 e. The summed E-state index contributed by atoms with van der Waals surface area (Å²) in [6, 6.07) is -0.538. The molecule has 1 amide bonds. The third kappa shape index (κ3) is 71.4. The molecule has 0 aromatic heterocycles. The molecule has 0 radical (unpaired) electrons. The van der Waals surface area contributed by atoms with Crippen molar-refractivity contribution in [2.75, 3.05) is 13.2 Å². The lowest BCUT2D eigenvalue weighted by Crippen LogP contribution is -2.45. The van der Waals surface area contributed by atoms with E-state index in [0.29, 0.717) is 25.9 Å². The maximum Gasteiger partial charge on any atom is 0.305 e. The van der Waals surface area contributed by atoms with E-state index in [4.69, 9.17) is 4.74 Å². The molecule has 0 aromatic carbocycles. The van der Waals surface area contributed by atoms with Crippen LogP contribution in [0.15, 0.2) is 24.3 Å². The van der Waals surface area contributed by atoms with E-state index in [9.17, 15) is 19.8 Å². The van der Waals surface area contributed by atoms with Crippen molar-refractivity contribution < 1.29 is 24.5 Å². The summed E-state index contributed by atoms with van der Waals surface area (Å²) < 4.78 is 5.49. The highest BCUT2D eigenvalue weighted by molar-refractivity contribution is 5.76. The van der Waals surface area contributed by atoms with Crippen molar-refractivity contribution in [3.05, 3.63) is 24.3 Å². The van der Waals surface area contributed by atoms with Crippen molar-refractivity contribution >= 4 is 11.9 Å². The molecule has 510 valence electrons. The number of carbonyl (C=O) groups excluding carboxylic acids is 2. The van der Waals surface area contributed by atoms with Crippen LogP contribution in [-0.2, 0) is 14.3 Å². The summed E-state index contributed by atoms with van der Waals surface area (Å²) in [7, 11) is 0. The summed E-state index contributed by atoms with van der Waals surface area (Å²) in [5, 5.41) is 23.4. The second kappa shape index (κ2) is 75.8. The standard InChI is InChI=1S/C80H155NO5/c1-3-5-7-9-11-13-15-17-19-45-48-52-56-60-64-68-72-78(83)77(76-82)81-79(84)73-69-65-61-57-53-49-46-43-41-39-37-35-33-31-29-27-25-23-21-20-22-24-26-28-30-32-34-36-38-40-42-44-47-51-55-59-63-67-71-75-86-80(85)74-70-66-62-58-54-50-18-16-14-12-10-8-6-4-2/h16,18,20-21,77-78,82-83H,3-15,17,19,22-76H2,1-2H3,(H,81,84)/b18-16-,21-20-. The Hall–Kier alpha value is -1.66. The highest BCUT2D eigenvalue weighted by Crippen LogP contribution is 2.20. The molecule has 0 aliphatic heterocycles. The van der Waals surface area contributed by atoms with Crippen LogP contribution in [0.1, 0.15) is 450 Å². The van der Waals surface area contributed by atoms with Crippen LogP contribution in [0.3, 0.4) is 0 Å². The lowest BCUT2D eigenvalue weighted by molar-refractivity contribution is -0.143. The van der Waals surface area contributed by atoms with Gasteiger partial charge in [-0.1, -0.05) is 385 Å². The minimum absolute atomic E-state index is 0.0147. The highest BCUT2D eigenvalue weighted by Gasteiger charge is 2.20. The average molecular weight is 1210 g/mol. The minimum atomic E-state index is -0.661. The summed E-state index contributed by atoms with van der Waals surface area (Å²) in [4.78, 5) is 24.6. The number of unbranched alkanes of at least 4 members (excludes halogenated alkanes) is 60. The molecule has 2 unspecified atom stereocenters. The number of rotatable bonds is 75. The molecular weight excluding hydrogens is 1050 g/mol. The third-order valence-electron chi connectivity index (χ3n) is 18.7. The maximum absolute atomic E-state index is 12.5. The molecule has 0 saturated carbocycles. The molecule has 0 aliphatic rings. The Bertz CT molecular complexity index is 1350. The van der Waals surface area contributed by atoms with E-state index in [1.807, 2.05) is 0 Å². The Morgan fingerprint density at radius 1 is 0.314 bits per heavy atom. The topological polar surface area (TPSA) is 95.9 Å². The molecule has 0 heterocycles. The molecule has 6 heteroatoms. The predicted octanol–water partition coefficient (Wildman–Crippen LogP) is 26.0. The summed E-state index contributed by atoms with van der Waals surface area (Å²) in [6.45, 7) is 4.99. The molecule has 86 heavy (non-hydrogen) atoms. The molecule has 3 N–H and O–H groups in total. The van der Waals surface area contributed by atoms with Gasteiger partial charge in [0, 0.05) is 12.8 Å². The van der Waals surface area contributed by atoms with E-state index in [2.05, 4.69) is 43.5 Å². The number of aliphatic hydroxyl groups is 2. The van der Waals surface area contributed by atoms with E-state index < -0.39 is 12.1 Å². The smallest absolute Gasteiger partial charge is 0.305 e. The van der Waals surface area contributed by atoms with Gasteiger partial charge in [0.2, 0.25) is 5.91 Å². The lowest BCUT2D eigenvalue weighted by atomic mass is 10.0. The zero-order valence-electron chi connectivity index (χ0n) is 58.6. The van der Waals surface area contributed by atoms with Gasteiger partial charge in [-0.3, -0.25) is 9.59 Å². The van der Waals surface area contributed by atoms with Crippen molar-refractivity contribution in [3.63, 3.8) is 0 Å². The quantitative estimate of drug-likeness (QED) is 0.0320. The van der Waals surface area contributed by atoms with Crippen LogP contribution in [0.25, 0.3) is 0 Å². The van der Waals surface area contributed by atoms with E-state index in [1.54, 1.807) is 0 Å². The van der Waals surface area contributed by atoms with E-state index in [0.717, 1.165) is 44.9 Å². The van der Waals surface area contributed by atoms with Crippen LogP contribution in [0.4, 0.5) is 0 Å². The molecule has 0 aliphatic carbocycles. The normalized spacial score (nSPS) is 12.6. The first-order chi connectivity index (χ1) is 42.5. The van der Waals surface area contributed by atoms with Gasteiger partial charge in [0.25, 0.3) is 0 Å². The number of allylic oxidation sites excluding steroid dienone is 4. The molecule has 2 atom stereocenters.